The molecule has 7 nitrogen and oxygen atoms in total. The summed E-state index contributed by atoms with van der Waals surface area (Å²) >= 11 is 0. The maximum atomic E-state index is 12.0. The van der Waals surface area contributed by atoms with Gasteiger partial charge in [-0.25, -0.2) is 0 Å². The van der Waals surface area contributed by atoms with Crippen LogP contribution in [0.1, 0.15) is 11.4 Å². The number of nitrogens with zero attached hydrogens (tertiary/aromatic N) is 3. The fraction of sp³-hybridized carbons (Fsp3) is 0.667. The molecule has 3 N–H and O–H groups in total. The standard InChI is InChI=1S/C12H22N4O3/c1-8-12(13)9(2)16(14-8)6-11(18)15(3)5-10(17)7-19-4/h10,17H,5-7,13H2,1-4H3. The number of aliphatic hydroxyl groups is 1. The van der Waals surface area contributed by atoms with Crippen LogP contribution < -0.4 is 5.73 Å². The van der Waals surface area contributed by atoms with Gasteiger partial charge in [0.05, 0.1) is 29.8 Å². The summed E-state index contributed by atoms with van der Waals surface area (Å²) in [5.74, 6) is -0.138. The average Bonchev–Trinajstić information content (AvgIpc) is 2.57. The van der Waals surface area contributed by atoms with Gasteiger partial charge >= 0.3 is 0 Å². The van der Waals surface area contributed by atoms with E-state index in [1.165, 1.54) is 12.0 Å². The molecule has 1 aromatic rings. The third-order valence-electron chi connectivity index (χ3n) is 2.99. The van der Waals surface area contributed by atoms with Crippen LogP contribution in [0.2, 0.25) is 0 Å². The first-order chi connectivity index (χ1) is 8.86. The molecule has 0 bridgehead atoms. The highest BCUT2D eigenvalue weighted by atomic mass is 16.5. The lowest BCUT2D eigenvalue weighted by atomic mass is 10.3. The maximum absolute atomic E-state index is 12.0. The van der Waals surface area contributed by atoms with Gasteiger partial charge in [0, 0.05) is 20.7 Å². The number of carbonyl (C=O) groups excluding carboxylic acids is 1. The summed E-state index contributed by atoms with van der Waals surface area (Å²) in [5, 5.41) is 13.8. The first-order valence-electron chi connectivity index (χ1n) is 6.07. The molecule has 0 aromatic carbocycles. The Balaban J connectivity index is 2.61. The number of anilines is 1. The quantitative estimate of drug-likeness (QED) is 0.730. The molecule has 0 saturated heterocycles. The third kappa shape index (κ3) is 3.93. The molecule has 108 valence electrons. The smallest absolute Gasteiger partial charge is 0.244 e. The summed E-state index contributed by atoms with van der Waals surface area (Å²) in [4.78, 5) is 13.5. The highest BCUT2D eigenvalue weighted by Crippen LogP contribution is 2.14. The fourth-order valence-electron chi connectivity index (χ4n) is 1.78. The van der Waals surface area contributed by atoms with Crippen molar-refractivity contribution in [1.82, 2.24) is 14.7 Å². The zero-order valence-electron chi connectivity index (χ0n) is 11.9. The van der Waals surface area contributed by atoms with Crippen LogP contribution in [0.4, 0.5) is 5.69 Å². The molecule has 1 atom stereocenters. The molecule has 0 aliphatic carbocycles. The number of carbonyl (C=O) groups is 1. The van der Waals surface area contributed by atoms with Crippen LogP contribution in [0.3, 0.4) is 0 Å². The molecule has 1 rings (SSSR count). The largest absolute Gasteiger partial charge is 0.396 e. The van der Waals surface area contributed by atoms with E-state index in [2.05, 4.69) is 5.10 Å². The molecule has 1 heterocycles. The van der Waals surface area contributed by atoms with Crippen LogP contribution in [0, 0.1) is 13.8 Å². The lowest BCUT2D eigenvalue weighted by Crippen LogP contribution is -2.38. The molecule has 19 heavy (non-hydrogen) atoms. The second-order valence-electron chi connectivity index (χ2n) is 4.63. The summed E-state index contributed by atoms with van der Waals surface area (Å²) in [6.45, 7) is 4.16. The van der Waals surface area contributed by atoms with Gasteiger partial charge in [-0.05, 0) is 13.8 Å². The zero-order chi connectivity index (χ0) is 14.6. The SMILES string of the molecule is COCC(O)CN(C)C(=O)Cn1nc(C)c(N)c1C. The van der Waals surface area contributed by atoms with Crippen LogP contribution in [0.5, 0.6) is 0 Å². The molecule has 0 aliphatic heterocycles. The van der Waals surface area contributed by atoms with Crippen molar-refractivity contribution in [2.75, 3.05) is 33.0 Å². The van der Waals surface area contributed by atoms with Crippen molar-refractivity contribution in [2.24, 2.45) is 0 Å². The number of amides is 1. The topological polar surface area (TPSA) is 93.6 Å². The zero-order valence-corrected chi connectivity index (χ0v) is 11.9. The molecule has 0 saturated carbocycles. The summed E-state index contributed by atoms with van der Waals surface area (Å²) in [7, 11) is 3.14. The van der Waals surface area contributed by atoms with Gasteiger partial charge in [-0.15, -0.1) is 0 Å². The van der Waals surface area contributed by atoms with Gasteiger partial charge in [-0.2, -0.15) is 5.10 Å². The number of ether oxygens (including phenoxy) is 1. The molecule has 0 radical (unpaired) electrons. The van der Waals surface area contributed by atoms with Gasteiger partial charge in [0.2, 0.25) is 5.91 Å². The van der Waals surface area contributed by atoms with E-state index in [1.54, 1.807) is 18.7 Å². The molecule has 1 aromatic heterocycles. The number of nitrogen functional groups attached to an aromatic ring is 1. The lowest BCUT2D eigenvalue weighted by molar-refractivity contribution is -0.132. The van der Waals surface area contributed by atoms with Crippen LogP contribution in [0.25, 0.3) is 0 Å². The first kappa shape index (κ1) is 15.5. The van der Waals surface area contributed by atoms with Crippen LogP contribution in [-0.4, -0.2) is 59.1 Å². The van der Waals surface area contributed by atoms with Crippen molar-refractivity contribution < 1.29 is 14.6 Å². The van der Waals surface area contributed by atoms with Gasteiger partial charge in [0.25, 0.3) is 0 Å². The number of nitrogens with two attached hydrogens (primary N) is 1. The summed E-state index contributed by atoms with van der Waals surface area (Å²) < 4.78 is 6.39. The van der Waals surface area contributed by atoms with Crippen molar-refractivity contribution in [3.8, 4) is 0 Å². The molecular formula is C12H22N4O3. The number of aliphatic hydroxyl groups excluding tert-OH is 1. The van der Waals surface area contributed by atoms with Gasteiger partial charge < -0.3 is 20.5 Å². The van der Waals surface area contributed by atoms with E-state index in [4.69, 9.17) is 10.5 Å². The van der Waals surface area contributed by atoms with Gasteiger partial charge in [-0.1, -0.05) is 0 Å². The minimum Gasteiger partial charge on any atom is -0.396 e. The third-order valence-corrected chi connectivity index (χ3v) is 2.99. The van der Waals surface area contributed by atoms with Gasteiger partial charge in [0.1, 0.15) is 6.54 Å². The van der Waals surface area contributed by atoms with E-state index in [1.807, 2.05) is 6.92 Å². The molecule has 7 heteroatoms. The highest BCUT2D eigenvalue weighted by Gasteiger charge is 2.16. The second kappa shape index (κ2) is 6.53. The maximum Gasteiger partial charge on any atom is 0.244 e. The van der Waals surface area contributed by atoms with Gasteiger partial charge in [0.15, 0.2) is 0 Å². The van der Waals surface area contributed by atoms with Crippen molar-refractivity contribution in [2.45, 2.75) is 26.5 Å². The minimum atomic E-state index is -0.690. The average molecular weight is 270 g/mol. The van der Waals surface area contributed by atoms with Crippen LogP contribution in [-0.2, 0) is 16.1 Å². The summed E-state index contributed by atoms with van der Waals surface area (Å²) in [5.41, 5.74) is 7.91. The number of methoxy groups -OCH3 is 1. The van der Waals surface area contributed by atoms with E-state index in [-0.39, 0.29) is 25.6 Å². The molecule has 1 unspecified atom stereocenters. The number of aryl methyl sites for hydroxylation is 1. The summed E-state index contributed by atoms with van der Waals surface area (Å²) in [6.07, 6.45) is -0.690. The molecular weight excluding hydrogens is 248 g/mol. The summed E-state index contributed by atoms with van der Waals surface area (Å²) in [6, 6.07) is 0. The number of rotatable bonds is 6. The monoisotopic (exact) mass is 270 g/mol. The Labute approximate surface area is 112 Å². The molecule has 0 spiro atoms. The van der Waals surface area contributed by atoms with Crippen molar-refractivity contribution >= 4 is 11.6 Å². The molecule has 0 fully saturated rings. The predicted molar refractivity (Wildman–Crippen MR) is 71.6 cm³/mol. The first-order valence-corrected chi connectivity index (χ1v) is 6.07. The Morgan fingerprint density at radius 1 is 1.58 bits per heavy atom. The van der Waals surface area contributed by atoms with Crippen LogP contribution >= 0.6 is 0 Å². The predicted octanol–water partition coefficient (Wildman–Crippen LogP) is -0.452. The van der Waals surface area contributed by atoms with Crippen molar-refractivity contribution in [3.05, 3.63) is 11.4 Å². The number of aromatic nitrogens is 2. The lowest BCUT2D eigenvalue weighted by Gasteiger charge is -2.20. The molecule has 0 aliphatic rings. The number of likely N-dealkylation sites (N-methyl/N-ethyl adjacent to an activating group) is 1. The second-order valence-corrected chi connectivity index (χ2v) is 4.63. The Hall–Kier alpha value is -1.60. The van der Waals surface area contributed by atoms with Crippen molar-refractivity contribution in [1.29, 1.82) is 0 Å². The van der Waals surface area contributed by atoms with Gasteiger partial charge in [-0.3, -0.25) is 9.48 Å². The van der Waals surface area contributed by atoms with E-state index < -0.39 is 6.10 Å². The van der Waals surface area contributed by atoms with E-state index >= 15 is 0 Å². The fourth-order valence-corrected chi connectivity index (χ4v) is 1.78. The normalized spacial score (nSPS) is 12.5. The van der Waals surface area contributed by atoms with E-state index in [0.717, 1.165) is 5.69 Å². The number of hydrogen-bond donors (Lipinski definition) is 2. The Bertz CT molecular complexity index is 444. The molecule has 1 amide bonds. The van der Waals surface area contributed by atoms with E-state index in [0.29, 0.717) is 11.4 Å². The van der Waals surface area contributed by atoms with Crippen molar-refractivity contribution in [3.63, 3.8) is 0 Å². The number of hydrogen-bond acceptors (Lipinski definition) is 5. The van der Waals surface area contributed by atoms with E-state index in [9.17, 15) is 9.90 Å². The highest BCUT2D eigenvalue weighted by molar-refractivity contribution is 5.76. The Morgan fingerprint density at radius 3 is 2.68 bits per heavy atom. The Morgan fingerprint density at radius 2 is 2.21 bits per heavy atom. The minimum absolute atomic E-state index is 0.111. The van der Waals surface area contributed by atoms with Crippen LogP contribution in [0.15, 0.2) is 0 Å². The Kier molecular flexibility index (Phi) is 5.31.